The van der Waals surface area contributed by atoms with Crippen molar-refractivity contribution in [1.82, 2.24) is 15.6 Å². The van der Waals surface area contributed by atoms with Crippen molar-refractivity contribution in [1.29, 1.82) is 0 Å². The number of hydrogen-bond acceptors (Lipinski definition) is 5. The third-order valence-corrected chi connectivity index (χ3v) is 7.06. The molecule has 1 saturated heterocycles. The van der Waals surface area contributed by atoms with Crippen LogP contribution in [0.25, 0.3) is 10.2 Å². The Kier molecular flexibility index (Phi) is 5.05. The lowest BCUT2D eigenvalue weighted by atomic mass is 9.92. The van der Waals surface area contributed by atoms with Gasteiger partial charge in [0.25, 0.3) is 0 Å². The molecule has 4 nitrogen and oxygen atoms in total. The van der Waals surface area contributed by atoms with E-state index in [1.165, 1.54) is 46.5 Å². The minimum absolute atomic E-state index is 0.355. The molecule has 2 aliphatic rings. The minimum atomic E-state index is 0.355. The second-order valence-corrected chi connectivity index (χ2v) is 8.99. The van der Waals surface area contributed by atoms with Crippen molar-refractivity contribution in [3.8, 4) is 5.75 Å². The van der Waals surface area contributed by atoms with Crippen LogP contribution in [0.4, 0.5) is 0 Å². The molecule has 0 amide bonds. The second-order valence-electron chi connectivity index (χ2n) is 7.93. The van der Waals surface area contributed by atoms with Gasteiger partial charge in [-0.2, -0.15) is 0 Å². The van der Waals surface area contributed by atoms with Crippen LogP contribution in [0.3, 0.4) is 0 Å². The monoisotopic (exact) mass is 393 g/mol. The summed E-state index contributed by atoms with van der Waals surface area (Å²) < 4.78 is 6.82. The summed E-state index contributed by atoms with van der Waals surface area (Å²) in [6, 6.07) is 15.9. The smallest absolute Gasteiger partial charge is 0.120 e. The Morgan fingerprint density at radius 2 is 2.04 bits per heavy atom. The zero-order chi connectivity index (χ0) is 18.9. The number of hydrogen-bond donors (Lipinski definition) is 2. The molecule has 0 radical (unpaired) electrons. The van der Waals surface area contributed by atoms with Gasteiger partial charge in [0.05, 0.1) is 22.3 Å². The van der Waals surface area contributed by atoms with Crippen molar-refractivity contribution in [3.05, 3.63) is 58.6 Å². The molecule has 5 rings (SSSR count). The lowest BCUT2D eigenvalue weighted by molar-refractivity contribution is 0.305. The van der Waals surface area contributed by atoms with E-state index in [1.807, 2.05) is 11.3 Å². The molecule has 146 valence electrons. The van der Waals surface area contributed by atoms with Crippen LogP contribution in [0.5, 0.6) is 5.75 Å². The fourth-order valence-electron chi connectivity index (χ4n) is 4.21. The van der Waals surface area contributed by atoms with Crippen molar-refractivity contribution in [2.45, 2.75) is 50.2 Å². The number of ether oxygens (including phenoxy) is 1. The van der Waals surface area contributed by atoms with E-state index >= 15 is 0 Å². The standard InChI is InChI=1S/C23H27N3OS/c1-27-18-12-17(22-20(13-18)28-23(26-22)16-9-10-16)14-25-19-8-5-11-24-21(19)15-6-3-2-4-7-15/h2-4,6-7,12-13,16,19,21,24-25H,5,8-11,14H2,1H3/t19-,21-/m0/s1. The highest BCUT2D eigenvalue weighted by Crippen LogP contribution is 2.44. The molecule has 2 N–H and O–H groups in total. The molecule has 2 aromatic carbocycles. The van der Waals surface area contributed by atoms with E-state index in [2.05, 4.69) is 53.1 Å². The van der Waals surface area contributed by atoms with Gasteiger partial charge >= 0.3 is 0 Å². The van der Waals surface area contributed by atoms with E-state index < -0.39 is 0 Å². The Morgan fingerprint density at radius 3 is 2.82 bits per heavy atom. The van der Waals surface area contributed by atoms with Crippen LogP contribution in [-0.4, -0.2) is 24.7 Å². The number of nitrogens with one attached hydrogen (secondary N) is 2. The molecule has 1 aromatic heterocycles. The number of rotatable bonds is 6. The lowest BCUT2D eigenvalue weighted by Gasteiger charge is -2.34. The largest absolute Gasteiger partial charge is 0.497 e. The third-order valence-electron chi connectivity index (χ3n) is 5.90. The highest BCUT2D eigenvalue weighted by molar-refractivity contribution is 7.18. The summed E-state index contributed by atoms with van der Waals surface area (Å²) in [5, 5.41) is 8.84. The van der Waals surface area contributed by atoms with Gasteiger partial charge in [0.1, 0.15) is 5.75 Å². The first-order valence-electron chi connectivity index (χ1n) is 10.3. The van der Waals surface area contributed by atoms with Crippen molar-refractivity contribution in [3.63, 3.8) is 0 Å². The zero-order valence-electron chi connectivity index (χ0n) is 16.3. The number of methoxy groups -OCH3 is 1. The van der Waals surface area contributed by atoms with Crippen LogP contribution < -0.4 is 15.4 Å². The molecule has 1 aliphatic heterocycles. The molecule has 1 aliphatic carbocycles. The summed E-state index contributed by atoms with van der Waals surface area (Å²) in [6.07, 6.45) is 4.97. The van der Waals surface area contributed by atoms with Crippen molar-refractivity contribution >= 4 is 21.6 Å². The van der Waals surface area contributed by atoms with Crippen LogP contribution in [0.2, 0.25) is 0 Å². The molecule has 2 fully saturated rings. The molecule has 2 heterocycles. The number of nitrogens with zero attached hydrogens (tertiary/aromatic N) is 1. The highest BCUT2D eigenvalue weighted by atomic mass is 32.1. The van der Waals surface area contributed by atoms with Crippen molar-refractivity contribution in [2.75, 3.05) is 13.7 Å². The second kappa shape index (κ2) is 7.82. The van der Waals surface area contributed by atoms with E-state index in [0.29, 0.717) is 18.0 Å². The summed E-state index contributed by atoms with van der Waals surface area (Å²) in [4.78, 5) is 5.00. The number of benzene rings is 2. The lowest BCUT2D eigenvalue weighted by Crippen LogP contribution is -2.45. The van der Waals surface area contributed by atoms with Gasteiger partial charge in [-0.05, 0) is 55.5 Å². The SMILES string of the molecule is COc1cc(CN[C@H]2CCCN[C@H]2c2ccccc2)c2nc(C3CC3)sc2c1. The summed E-state index contributed by atoms with van der Waals surface area (Å²) >= 11 is 1.84. The molecule has 0 unspecified atom stereocenters. The quantitative estimate of drug-likeness (QED) is 0.633. The maximum Gasteiger partial charge on any atom is 0.120 e. The van der Waals surface area contributed by atoms with Crippen LogP contribution in [0, 0.1) is 0 Å². The summed E-state index contributed by atoms with van der Waals surface area (Å²) in [7, 11) is 1.75. The summed E-state index contributed by atoms with van der Waals surface area (Å²) in [6.45, 7) is 1.90. The molecule has 5 heteroatoms. The molecule has 0 spiro atoms. The van der Waals surface area contributed by atoms with E-state index in [-0.39, 0.29) is 0 Å². The Hall–Kier alpha value is -1.95. The van der Waals surface area contributed by atoms with Crippen LogP contribution >= 0.6 is 11.3 Å². The Labute approximate surface area is 170 Å². The third kappa shape index (κ3) is 3.66. The Balaban J connectivity index is 1.39. The van der Waals surface area contributed by atoms with E-state index in [0.717, 1.165) is 24.4 Å². The normalized spacial score (nSPS) is 22.5. The van der Waals surface area contributed by atoms with Gasteiger partial charge in [0.2, 0.25) is 0 Å². The molecular weight excluding hydrogens is 366 g/mol. The van der Waals surface area contributed by atoms with E-state index in [9.17, 15) is 0 Å². The van der Waals surface area contributed by atoms with E-state index in [4.69, 9.17) is 9.72 Å². The van der Waals surface area contributed by atoms with Gasteiger partial charge in [-0.1, -0.05) is 30.3 Å². The molecule has 2 atom stereocenters. The first-order chi connectivity index (χ1) is 13.8. The zero-order valence-corrected chi connectivity index (χ0v) is 17.1. The average Bonchev–Trinajstić information content (AvgIpc) is 3.51. The predicted octanol–water partition coefficient (Wildman–Crippen LogP) is 4.77. The van der Waals surface area contributed by atoms with Crippen LogP contribution in [0.15, 0.2) is 42.5 Å². The first-order valence-corrected chi connectivity index (χ1v) is 11.1. The Morgan fingerprint density at radius 1 is 1.18 bits per heavy atom. The van der Waals surface area contributed by atoms with E-state index in [1.54, 1.807) is 7.11 Å². The number of aromatic nitrogens is 1. The van der Waals surface area contributed by atoms with Gasteiger partial charge in [-0.25, -0.2) is 4.98 Å². The fraction of sp³-hybridized carbons (Fsp3) is 0.435. The van der Waals surface area contributed by atoms with Gasteiger partial charge in [0.15, 0.2) is 0 Å². The average molecular weight is 394 g/mol. The van der Waals surface area contributed by atoms with Crippen LogP contribution in [0.1, 0.15) is 53.8 Å². The molecule has 28 heavy (non-hydrogen) atoms. The number of fused-ring (bicyclic) bond motifs is 1. The molecular formula is C23H27N3OS. The van der Waals surface area contributed by atoms with Gasteiger partial charge < -0.3 is 15.4 Å². The summed E-state index contributed by atoms with van der Waals surface area (Å²) in [5.41, 5.74) is 3.76. The van der Waals surface area contributed by atoms with Crippen molar-refractivity contribution in [2.24, 2.45) is 0 Å². The van der Waals surface area contributed by atoms with Crippen molar-refractivity contribution < 1.29 is 4.74 Å². The highest BCUT2D eigenvalue weighted by Gasteiger charge is 2.28. The molecule has 3 aromatic rings. The van der Waals surface area contributed by atoms with Gasteiger partial charge in [0, 0.05) is 24.5 Å². The number of thiazole rings is 1. The maximum atomic E-state index is 5.57. The maximum absolute atomic E-state index is 5.57. The Bertz CT molecular complexity index is 951. The fourth-order valence-corrected chi connectivity index (χ4v) is 5.42. The molecule has 0 bridgehead atoms. The predicted molar refractivity (Wildman–Crippen MR) is 115 cm³/mol. The molecule has 1 saturated carbocycles. The summed E-state index contributed by atoms with van der Waals surface area (Å²) in [5.74, 6) is 1.62. The first kappa shape index (κ1) is 18.1. The topological polar surface area (TPSA) is 46.2 Å². The number of piperidine rings is 1. The van der Waals surface area contributed by atoms with Crippen LogP contribution in [-0.2, 0) is 6.54 Å². The van der Waals surface area contributed by atoms with Gasteiger partial charge in [-0.15, -0.1) is 11.3 Å². The van der Waals surface area contributed by atoms with Gasteiger partial charge in [-0.3, -0.25) is 0 Å². The minimum Gasteiger partial charge on any atom is -0.497 e.